The zero-order valence-electron chi connectivity index (χ0n) is 11.1. The highest BCUT2D eigenvalue weighted by molar-refractivity contribution is 5.72. The average molecular weight is 245 g/mol. The summed E-state index contributed by atoms with van der Waals surface area (Å²) in [4.78, 5) is 9.18. The number of aryl methyl sites for hydroxylation is 1. The van der Waals surface area contributed by atoms with Crippen LogP contribution in [0.15, 0.2) is 12.1 Å². The Kier molecular flexibility index (Phi) is 2.45. The van der Waals surface area contributed by atoms with Crippen molar-refractivity contribution in [1.29, 1.82) is 0 Å². The van der Waals surface area contributed by atoms with E-state index in [4.69, 9.17) is 0 Å². The smallest absolute Gasteiger partial charge is 0.160 e. The van der Waals surface area contributed by atoms with Crippen LogP contribution in [0.3, 0.4) is 0 Å². The molecule has 1 aliphatic rings. The Balaban J connectivity index is 2.18. The minimum Gasteiger partial charge on any atom is -0.384 e. The molecule has 0 unspecified atom stereocenters. The summed E-state index contributed by atoms with van der Waals surface area (Å²) in [6.45, 7) is 5.56. The van der Waals surface area contributed by atoms with Crippen LogP contribution in [0.1, 0.15) is 50.7 Å². The van der Waals surface area contributed by atoms with Gasteiger partial charge >= 0.3 is 0 Å². The van der Waals surface area contributed by atoms with Gasteiger partial charge in [0.05, 0.1) is 5.69 Å². The van der Waals surface area contributed by atoms with Gasteiger partial charge in [-0.05, 0) is 52.2 Å². The van der Waals surface area contributed by atoms with E-state index in [9.17, 15) is 5.11 Å². The second-order valence-electron chi connectivity index (χ2n) is 5.71. The predicted octanol–water partition coefficient (Wildman–Crippen LogP) is 2.69. The van der Waals surface area contributed by atoms with Gasteiger partial charge in [-0.2, -0.15) is 0 Å². The first-order valence-electron chi connectivity index (χ1n) is 6.55. The van der Waals surface area contributed by atoms with Crippen LogP contribution in [0.2, 0.25) is 0 Å². The molecule has 1 aliphatic carbocycles. The van der Waals surface area contributed by atoms with Gasteiger partial charge in [-0.3, -0.25) is 0 Å². The molecule has 2 heterocycles. The van der Waals surface area contributed by atoms with Crippen LogP contribution in [0.5, 0.6) is 0 Å². The molecule has 0 saturated heterocycles. The van der Waals surface area contributed by atoms with Gasteiger partial charge in [0, 0.05) is 6.04 Å². The van der Waals surface area contributed by atoms with Gasteiger partial charge < -0.3 is 9.67 Å². The average Bonchev–Trinajstić information content (AvgIpc) is 2.51. The lowest BCUT2D eigenvalue weighted by atomic mass is 9.93. The van der Waals surface area contributed by atoms with Gasteiger partial charge in [0.1, 0.15) is 16.9 Å². The number of fused-ring (bicyclic) bond motifs is 1. The molecule has 0 amide bonds. The molecule has 1 saturated carbocycles. The Morgan fingerprint density at radius 2 is 2.00 bits per heavy atom. The third-order valence-corrected chi connectivity index (χ3v) is 3.78. The lowest BCUT2D eigenvalue weighted by molar-refractivity contribution is 0.0741. The standard InChI is InChI=1S/C14H19N3O/c1-9-15-11-7-8-12(14(2,3)18)16-13(11)17(9)10-5-4-6-10/h7-8,10,18H,4-6H2,1-3H3. The summed E-state index contributed by atoms with van der Waals surface area (Å²) in [6.07, 6.45) is 3.70. The maximum absolute atomic E-state index is 10.1. The number of imidazole rings is 1. The first-order valence-corrected chi connectivity index (χ1v) is 6.55. The van der Waals surface area contributed by atoms with Crippen LogP contribution in [0.25, 0.3) is 11.2 Å². The molecule has 1 fully saturated rings. The Labute approximate surface area is 107 Å². The molecule has 2 aromatic heterocycles. The Hall–Kier alpha value is -1.42. The van der Waals surface area contributed by atoms with E-state index < -0.39 is 5.60 Å². The van der Waals surface area contributed by atoms with E-state index in [-0.39, 0.29) is 0 Å². The van der Waals surface area contributed by atoms with E-state index >= 15 is 0 Å². The molecule has 1 N–H and O–H groups in total. The molecule has 18 heavy (non-hydrogen) atoms. The van der Waals surface area contributed by atoms with Gasteiger partial charge in [-0.1, -0.05) is 0 Å². The van der Waals surface area contributed by atoms with Gasteiger partial charge in [0.2, 0.25) is 0 Å². The molecule has 0 aliphatic heterocycles. The maximum atomic E-state index is 10.1. The molecule has 0 bridgehead atoms. The highest BCUT2D eigenvalue weighted by atomic mass is 16.3. The largest absolute Gasteiger partial charge is 0.384 e. The maximum Gasteiger partial charge on any atom is 0.160 e. The molecule has 4 nitrogen and oxygen atoms in total. The van der Waals surface area contributed by atoms with Crippen molar-refractivity contribution in [2.24, 2.45) is 0 Å². The Morgan fingerprint density at radius 3 is 2.56 bits per heavy atom. The molecule has 0 aromatic carbocycles. The van der Waals surface area contributed by atoms with E-state index in [1.54, 1.807) is 13.8 Å². The summed E-state index contributed by atoms with van der Waals surface area (Å²) in [7, 11) is 0. The lowest BCUT2D eigenvalue weighted by Gasteiger charge is -2.28. The molecule has 0 radical (unpaired) electrons. The van der Waals surface area contributed by atoms with Crippen LogP contribution < -0.4 is 0 Å². The van der Waals surface area contributed by atoms with Crippen LogP contribution >= 0.6 is 0 Å². The molecule has 4 heteroatoms. The quantitative estimate of drug-likeness (QED) is 0.885. The van der Waals surface area contributed by atoms with Gasteiger partial charge in [-0.15, -0.1) is 0 Å². The number of rotatable bonds is 2. The van der Waals surface area contributed by atoms with Crippen molar-refractivity contribution in [2.45, 2.75) is 51.7 Å². The topological polar surface area (TPSA) is 50.9 Å². The number of hydrogen-bond acceptors (Lipinski definition) is 3. The van der Waals surface area contributed by atoms with Crippen LogP contribution in [0.4, 0.5) is 0 Å². The summed E-state index contributed by atoms with van der Waals surface area (Å²) in [5.74, 6) is 1.02. The molecule has 3 rings (SSSR count). The molecular weight excluding hydrogens is 226 g/mol. The third kappa shape index (κ3) is 1.72. The minimum atomic E-state index is -0.906. The Morgan fingerprint density at radius 1 is 1.28 bits per heavy atom. The first-order chi connectivity index (χ1) is 8.47. The minimum absolute atomic E-state index is 0.541. The normalized spacial score (nSPS) is 17.1. The third-order valence-electron chi connectivity index (χ3n) is 3.78. The van der Waals surface area contributed by atoms with Crippen molar-refractivity contribution in [1.82, 2.24) is 14.5 Å². The van der Waals surface area contributed by atoms with Crippen LogP contribution in [0, 0.1) is 6.92 Å². The van der Waals surface area contributed by atoms with Crippen molar-refractivity contribution in [3.8, 4) is 0 Å². The van der Waals surface area contributed by atoms with Crippen LogP contribution in [-0.4, -0.2) is 19.6 Å². The molecule has 96 valence electrons. The second kappa shape index (κ2) is 3.79. The van der Waals surface area contributed by atoms with E-state index in [0.29, 0.717) is 11.7 Å². The van der Waals surface area contributed by atoms with E-state index in [1.165, 1.54) is 19.3 Å². The Bertz CT molecular complexity index is 591. The van der Waals surface area contributed by atoms with Crippen molar-refractivity contribution >= 4 is 11.2 Å². The van der Waals surface area contributed by atoms with Crippen molar-refractivity contribution in [2.75, 3.05) is 0 Å². The van der Waals surface area contributed by atoms with E-state index in [2.05, 4.69) is 14.5 Å². The van der Waals surface area contributed by atoms with Gasteiger partial charge in [0.15, 0.2) is 5.65 Å². The molecule has 0 atom stereocenters. The summed E-state index contributed by atoms with van der Waals surface area (Å²) in [5.41, 5.74) is 1.64. The fourth-order valence-electron chi connectivity index (χ4n) is 2.51. The predicted molar refractivity (Wildman–Crippen MR) is 70.4 cm³/mol. The number of aliphatic hydroxyl groups is 1. The summed E-state index contributed by atoms with van der Waals surface area (Å²) in [6, 6.07) is 4.36. The first kappa shape index (κ1) is 11.7. The van der Waals surface area contributed by atoms with Gasteiger partial charge in [0.25, 0.3) is 0 Å². The number of hydrogen-bond donors (Lipinski definition) is 1. The summed E-state index contributed by atoms with van der Waals surface area (Å²) >= 11 is 0. The monoisotopic (exact) mass is 245 g/mol. The molecular formula is C14H19N3O. The van der Waals surface area contributed by atoms with Crippen molar-refractivity contribution in [3.05, 3.63) is 23.7 Å². The van der Waals surface area contributed by atoms with E-state index in [1.807, 2.05) is 19.1 Å². The van der Waals surface area contributed by atoms with Crippen molar-refractivity contribution < 1.29 is 5.11 Å². The molecule has 0 spiro atoms. The van der Waals surface area contributed by atoms with Gasteiger partial charge in [-0.25, -0.2) is 9.97 Å². The number of pyridine rings is 1. The highest BCUT2D eigenvalue weighted by Gasteiger charge is 2.25. The second-order valence-corrected chi connectivity index (χ2v) is 5.71. The molecule has 2 aromatic rings. The van der Waals surface area contributed by atoms with E-state index in [0.717, 1.165) is 17.0 Å². The van der Waals surface area contributed by atoms with Crippen LogP contribution in [-0.2, 0) is 5.60 Å². The number of nitrogens with zero attached hydrogens (tertiary/aromatic N) is 3. The zero-order valence-corrected chi connectivity index (χ0v) is 11.1. The fraction of sp³-hybridized carbons (Fsp3) is 0.571. The highest BCUT2D eigenvalue weighted by Crippen LogP contribution is 2.35. The summed E-state index contributed by atoms with van der Waals surface area (Å²) in [5, 5.41) is 10.1. The lowest BCUT2D eigenvalue weighted by Crippen LogP contribution is -2.20. The zero-order chi connectivity index (χ0) is 12.9. The SMILES string of the molecule is Cc1nc2ccc(C(C)(C)O)nc2n1C1CCC1. The fourth-order valence-corrected chi connectivity index (χ4v) is 2.51. The summed E-state index contributed by atoms with van der Waals surface area (Å²) < 4.78 is 2.23. The van der Waals surface area contributed by atoms with Crippen molar-refractivity contribution in [3.63, 3.8) is 0 Å². The number of aromatic nitrogens is 3.